The summed E-state index contributed by atoms with van der Waals surface area (Å²) in [6, 6.07) is 0. The van der Waals surface area contributed by atoms with Gasteiger partial charge in [0.2, 0.25) is 0 Å². The van der Waals surface area contributed by atoms with Gasteiger partial charge in [0.15, 0.2) is 0 Å². The van der Waals surface area contributed by atoms with Crippen molar-refractivity contribution in [3.05, 3.63) is 0 Å². The summed E-state index contributed by atoms with van der Waals surface area (Å²) < 4.78 is 14.1. The van der Waals surface area contributed by atoms with Crippen LogP contribution in [0.4, 0.5) is 0 Å². The summed E-state index contributed by atoms with van der Waals surface area (Å²) in [5, 5.41) is 26.3. The Hall–Kier alpha value is -0.0100. The van der Waals surface area contributed by atoms with Gasteiger partial charge >= 0.3 is 7.82 Å². The Morgan fingerprint density at radius 3 is 2.15 bits per heavy atom. The molecule has 0 fully saturated rings. The summed E-state index contributed by atoms with van der Waals surface area (Å²) in [6.45, 7) is -1.00. The van der Waals surface area contributed by atoms with Gasteiger partial charge in [-0.15, -0.1) is 0 Å². The molecule has 0 bridgehead atoms. The van der Waals surface area contributed by atoms with Crippen LogP contribution in [0, 0.1) is 0 Å². The Bertz CT molecular complexity index is 178. The lowest BCUT2D eigenvalue weighted by atomic mass is 10.1. The summed E-state index contributed by atoms with van der Waals surface area (Å²) in [6.07, 6.45) is -2.75. The molecule has 0 aliphatic rings. The molecule has 5 N–H and O–H groups in total. The van der Waals surface area contributed by atoms with Crippen LogP contribution in [0.15, 0.2) is 0 Å². The van der Waals surface area contributed by atoms with Crippen molar-refractivity contribution in [1.82, 2.24) is 0 Å². The highest BCUT2D eigenvalue weighted by atomic mass is 31.2. The molecule has 8 heteroatoms. The van der Waals surface area contributed by atoms with Gasteiger partial charge in [0, 0.05) is 6.61 Å². The van der Waals surface area contributed by atoms with Crippen LogP contribution in [0.25, 0.3) is 0 Å². The highest BCUT2D eigenvalue weighted by Gasteiger charge is 2.21. The van der Waals surface area contributed by atoms with E-state index in [-0.39, 0.29) is 13.0 Å². The molecule has 0 aliphatic heterocycles. The molecule has 0 heterocycles. The zero-order valence-corrected chi connectivity index (χ0v) is 7.67. The van der Waals surface area contributed by atoms with Gasteiger partial charge in [0.05, 0.1) is 12.7 Å². The third-order valence-corrected chi connectivity index (χ3v) is 1.77. The van der Waals surface area contributed by atoms with E-state index in [0.29, 0.717) is 0 Å². The van der Waals surface area contributed by atoms with Crippen molar-refractivity contribution in [2.45, 2.75) is 18.6 Å². The third kappa shape index (κ3) is 7.09. The monoisotopic (exact) mass is 216 g/mol. The maximum Gasteiger partial charge on any atom is 0.469 e. The molecule has 2 atom stereocenters. The molecule has 0 amide bonds. The van der Waals surface area contributed by atoms with Crippen LogP contribution in [0.2, 0.25) is 0 Å². The van der Waals surface area contributed by atoms with Gasteiger partial charge in [0.25, 0.3) is 0 Å². The van der Waals surface area contributed by atoms with E-state index in [0.717, 1.165) is 0 Å². The Balaban J connectivity index is 3.73. The molecule has 0 aromatic carbocycles. The fraction of sp³-hybridized carbons (Fsp3) is 1.00. The fourth-order valence-corrected chi connectivity index (χ4v) is 0.956. The molecular formula is C5H13O7P. The van der Waals surface area contributed by atoms with E-state index in [1.54, 1.807) is 0 Å². The SMILES string of the molecule is O=P(O)(O)OC[C@@H](O)[C@H](O)CCO. The van der Waals surface area contributed by atoms with Crippen LogP contribution < -0.4 is 0 Å². The second kappa shape index (κ2) is 5.66. The van der Waals surface area contributed by atoms with E-state index in [9.17, 15) is 4.57 Å². The molecule has 0 spiro atoms. The average molecular weight is 216 g/mol. The largest absolute Gasteiger partial charge is 0.469 e. The lowest BCUT2D eigenvalue weighted by Gasteiger charge is -2.16. The van der Waals surface area contributed by atoms with Gasteiger partial charge in [-0.1, -0.05) is 0 Å². The Morgan fingerprint density at radius 2 is 1.77 bits per heavy atom. The van der Waals surface area contributed by atoms with Gasteiger partial charge in [-0.2, -0.15) is 0 Å². The number of phosphoric acid groups is 1. The number of hydrogen-bond acceptors (Lipinski definition) is 5. The molecule has 0 aromatic rings. The first kappa shape index (κ1) is 13.0. The molecule has 13 heavy (non-hydrogen) atoms. The lowest BCUT2D eigenvalue weighted by Crippen LogP contribution is -2.30. The highest BCUT2D eigenvalue weighted by molar-refractivity contribution is 7.46. The van der Waals surface area contributed by atoms with Crippen molar-refractivity contribution in [2.75, 3.05) is 13.2 Å². The molecule has 0 saturated heterocycles. The molecule has 7 nitrogen and oxygen atoms in total. The topological polar surface area (TPSA) is 127 Å². The molecule has 0 unspecified atom stereocenters. The minimum Gasteiger partial charge on any atom is -0.396 e. The maximum absolute atomic E-state index is 10.1. The fourth-order valence-electron chi connectivity index (χ4n) is 0.609. The predicted molar refractivity (Wildman–Crippen MR) is 41.7 cm³/mol. The molecule has 0 aliphatic carbocycles. The van der Waals surface area contributed by atoms with Crippen molar-refractivity contribution in [3.63, 3.8) is 0 Å². The van der Waals surface area contributed by atoms with Crippen molar-refractivity contribution in [1.29, 1.82) is 0 Å². The Morgan fingerprint density at radius 1 is 1.23 bits per heavy atom. The highest BCUT2D eigenvalue weighted by Crippen LogP contribution is 2.35. The summed E-state index contributed by atoms with van der Waals surface area (Å²) in [5.41, 5.74) is 0. The minimum absolute atomic E-state index is 0.0777. The number of hydrogen-bond donors (Lipinski definition) is 5. The van der Waals surface area contributed by atoms with Crippen LogP contribution in [-0.4, -0.2) is 50.5 Å². The predicted octanol–water partition coefficient (Wildman–Crippen LogP) is -1.80. The zero-order chi connectivity index (χ0) is 10.5. The average Bonchev–Trinajstić information content (AvgIpc) is 1.99. The quantitative estimate of drug-likeness (QED) is 0.331. The number of aliphatic hydroxyl groups excluding tert-OH is 3. The van der Waals surface area contributed by atoms with Crippen LogP contribution in [0.3, 0.4) is 0 Å². The second-order valence-electron chi connectivity index (χ2n) is 2.43. The summed E-state index contributed by atoms with van der Waals surface area (Å²) >= 11 is 0. The van der Waals surface area contributed by atoms with E-state index in [4.69, 9.17) is 25.1 Å². The molecule has 0 rings (SSSR count). The summed E-state index contributed by atoms with van der Waals surface area (Å²) in [7, 11) is -4.61. The van der Waals surface area contributed by atoms with E-state index >= 15 is 0 Å². The normalized spacial score (nSPS) is 17.0. The first-order valence-corrected chi connectivity index (χ1v) is 5.07. The van der Waals surface area contributed by atoms with Crippen LogP contribution in [0.5, 0.6) is 0 Å². The zero-order valence-electron chi connectivity index (χ0n) is 6.78. The summed E-state index contributed by atoms with van der Waals surface area (Å²) in [5.74, 6) is 0. The van der Waals surface area contributed by atoms with Crippen molar-refractivity contribution in [2.24, 2.45) is 0 Å². The first-order chi connectivity index (χ1) is 5.87. The van der Waals surface area contributed by atoms with Gasteiger partial charge in [-0.3, -0.25) is 4.52 Å². The molecule has 0 aromatic heterocycles. The van der Waals surface area contributed by atoms with Gasteiger partial charge in [0.1, 0.15) is 6.10 Å². The van der Waals surface area contributed by atoms with Crippen molar-refractivity contribution >= 4 is 7.82 Å². The molecule has 0 radical (unpaired) electrons. The maximum atomic E-state index is 10.1. The van der Waals surface area contributed by atoms with E-state index in [2.05, 4.69) is 4.52 Å². The third-order valence-electron chi connectivity index (χ3n) is 1.28. The molecular weight excluding hydrogens is 203 g/mol. The van der Waals surface area contributed by atoms with E-state index in [1.807, 2.05) is 0 Å². The molecule has 80 valence electrons. The van der Waals surface area contributed by atoms with Crippen molar-refractivity contribution < 1.29 is 34.2 Å². The summed E-state index contributed by atoms with van der Waals surface area (Å²) in [4.78, 5) is 16.4. The number of rotatable bonds is 6. The number of aliphatic hydroxyl groups is 3. The smallest absolute Gasteiger partial charge is 0.396 e. The van der Waals surface area contributed by atoms with E-state index < -0.39 is 26.6 Å². The Labute approximate surface area is 74.8 Å². The van der Waals surface area contributed by atoms with Crippen LogP contribution in [0.1, 0.15) is 6.42 Å². The van der Waals surface area contributed by atoms with Crippen LogP contribution in [-0.2, 0) is 9.09 Å². The standard InChI is InChI=1S/C5H13O7P/c6-2-1-4(7)5(8)3-12-13(9,10)11/h4-8H,1-3H2,(H2,9,10,11)/t4-,5-/m1/s1. The van der Waals surface area contributed by atoms with E-state index in [1.165, 1.54) is 0 Å². The van der Waals surface area contributed by atoms with Crippen LogP contribution >= 0.6 is 7.82 Å². The lowest BCUT2D eigenvalue weighted by molar-refractivity contribution is -0.0233. The molecule has 0 saturated carbocycles. The van der Waals surface area contributed by atoms with Gasteiger partial charge in [-0.25, -0.2) is 4.57 Å². The number of phosphoric ester groups is 1. The first-order valence-electron chi connectivity index (χ1n) is 3.54. The van der Waals surface area contributed by atoms with Gasteiger partial charge < -0.3 is 25.1 Å². The minimum atomic E-state index is -4.61. The van der Waals surface area contributed by atoms with Gasteiger partial charge in [-0.05, 0) is 6.42 Å². The second-order valence-corrected chi connectivity index (χ2v) is 3.67. The Kier molecular flexibility index (Phi) is 5.66. The van der Waals surface area contributed by atoms with Crippen molar-refractivity contribution in [3.8, 4) is 0 Å².